The van der Waals surface area contributed by atoms with E-state index in [0.29, 0.717) is 10.4 Å². The number of H-pyrrole nitrogens is 1. The molecule has 1 aromatic carbocycles. The second-order valence-corrected chi connectivity index (χ2v) is 4.35. The van der Waals surface area contributed by atoms with Gasteiger partial charge in [0, 0.05) is 0 Å². The van der Waals surface area contributed by atoms with Gasteiger partial charge in [0.2, 0.25) is 12.1 Å². The zero-order valence-corrected chi connectivity index (χ0v) is 10.3. The third-order valence-corrected chi connectivity index (χ3v) is 2.94. The number of nitrogens with one attached hydrogen (secondary N) is 1. The van der Waals surface area contributed by atoms with Crippen LogP contribution in [0.4, 0.5) is 0 Å². The first-order valence-electron chi connectivity index (χ1n) is 5.03. The number of nitrogens with zero attached hydrogens (tertiary/aromatic N) is 1. The molecule has 5 heteroatoms. The standard InChI is InChI=1S/C12H7BrN2O2/c13-11-6-5-10(17-11)12(16)15-7-14-8-3-1-2-4-9(8)15/h1-7H/p+1. The maximum Gasteiger partial charge on any atom is 0.381 e. The van der Waals surface area contributed by atoms with Crippen LogP contribution >= 0.6 is 15.9 Å². The van der Waals surface area contributed by atoms with E-state index in [1.165, 1.54) is 4.57 Å². The molecule has 0 spiro atoms. The molecule has 0 saturated carbocycles. The molecule has 1 N–H and O–H groups in total. The quantitative estimate of drug-likeness (QED) is 0.692. The summed E-state index contributed by atoms with van der Waals surface area (Å²) in [5.41, 5.74) is 1.73. The van der Waals surface area contributed by atoms with Crippen molar-refractivity contribution < 1.29 is 14.2 Å². The van der Waals surface area contributed by atoms with Gasteiger partial charge in [0.25, 0.3) is 0 Å². The Morgan fingerprint density at radius 2 is 2.06 bits per heavy atom. The van der Waals surface area contributed by atoms with E-state index in [9.17, 15) is 4.79 Å². The Bertz CT molecular complexity index is 699. The molecular formula is C12H8BrN2O2+. The summed E-state index contributed by atoms with van der Waals surface area (Å²) in [4.78, 5) is 15.2. The fraction of sp³-hybridized carbons (Fsp3) is 0. The molecule has 0 aliphatic carbocycles. The lowest BCUT2D eigenvalue weighted by atomic mass is 10.3. The molecule has 0 amide bonds. The van der Waals surface area contributed by atoms with Gasteiger partial charge in [-0.15, -0.1) is 0 Å². The average molecular weight is 292 g/mol. The predicted molar refractivity (Wildman–Crippen MR) is 64.6 cm³/mol. The molecule has 2 aromatic heterocycles. The molecule has 0 saturated heterocycles. The number of hydrogen-bond acceptors (Lipinski definition) is 2. The highest BCUT2D eigenvalue weighted by Crippen LogP contribution is 2.17. The Labute approximate surface area is 105 Å². The number of benzene rings is 1. The second-order valence-electron chi connectivity index (χ2n) is 3.57. The van der Waals surface area contributed by atoms with Gasteiger partial charge in [0.1, 0.15) is 0 Å². The summed E-state index contributed by atoms with van der Waals surface area (Å²) in [6, 6.07) is 10.9. The van der Waals surface area contributed by atoms with Gasteiger partial charge in [-0.25, -0.2) is 9.78 Å². The van der Waals surface area contributed by atoms with Crippen molar-refractivity contribution in [3.8, 4) is 0 Å². The molecule has 17 heavy (non-hydrogen) atoms. The van der Waals surface area contributed by atoms with Gasteiger partial charge < -0.3 is 4.42 Å². The smallest absolute Gasteiger partial charge is 0.381 e. The number of halogens is 1. The minimum Gasteiger partial charge on any atom is -0.442 e. The van der Waals surface area contributed by atoms with Crippen LogP contribution in [0.1, 0.15) is 10.6 Å². The fourth-order valence-electron chi connectivity index (χ4n) is 1.73. The van der Waals surface area contributed by atoms with Crippen molar-refractivity contribution in [1.82, 2.24) is 4.57 Å². The maximum absolute atomic E-state index is 12.2. The van der Waals surface area contributed by atoms with Crippen molar-refractivity contribution in [1.29, 1.82) is 0 Å². The SMILES string of the molecule is O=C(c1ccc(Br)o1)n1c[nH+]c2ccccc21. The molecule has 2 heterocycles. The zero-order chi connectivity index (χ0) is 11.8. The Kier molecular flexibility index (Phi) is 2.33. The summed E-state index contributed by atoms with van der Waals surface area (Å²) in [7, 11) is 0. The number of carbonyl (C=O) groups excluding carboxylic acids is 1. The second kappa shape index (κ2) is 3.85. The minimum absolute atomic E-state index is 0.201. The topological polar surface area (TPSA) is 49.3 Å². The Morgan fingerprint density at radius 1 is 1.24 bits per heavy atom. The lowest BCUT2D eigenvalue weighted by molar-refractivity contribution is -0.345. The number of para-hydroxylation sites is 2. The van der Waals surface area contributed by atoms with Crippen LogP contribution in [0.5, 0.6) is 0 Å². The Balaban J connectivity index is 2.13. The Morgan fingerprint density at radius 3 is 2.82 bits per heavy atom. The summed E-state index contributed by atoms with van der Waals surface area (Å²) in [5, 5.41) is 0. The van der Waals surface area contributed by atoms with Crippen LogP contribution in [-0.2, 0) is 0 Å². The number of fused-ring (bicyclic) bond motifs is 1. The van der Waals surface area contributed by atoms with E-state index in [2.05, 4.69) is 20.9 Å². The predicted octanol–water partition coefficient (Wildman–Crippen LogP) is 2.50. The number of rotatable bonds is 1. The number of aromatic nitrogens is 2. The van der Waals surface area contributed by atoms with Gasteiger partial charge in [0.15, 0.2) is 15.7 Å². The molecule has 0 radical (unpaired) electrons. The van der Waals surface area contributed by atoms with Gasteiger partial charge in [-0.3, -0.25) is 0 Å². The molecule has 0 bridgehead atoms. The molecular weight excluding hydrogens is 284 g/mol. The highest BCUT2D eigenvalue weighted by Gasteiger charge is 2.21. The van der Waals surface area contributed by atoms with E-state index >= 15 is 0 Å². The summed E-state index contributed by atoms with van der Waals surface area (Å²) < 4.78 is 7.32. The van der Waals surface area contributed by atoms with Crippen molar-refractivity contribution in [2.75, 3.05) is 0 Å². The summed E-state index contributed by atoms with van der Waals surface area (Å²) in [6.07, 6.45) is 1.63. The first-order valence-corrected chi connectivity index (χ1v) is 5.83. The third kappa shape index (κ3) is 1.68. The molecule has 0 atom stereocenters. The highest BCUT2D eigenvalue weighted by atomic mass is 79.9. The van der Waals surface area contributed by atoms with Gasteiger partial charge in [0.05, 0.1) is 0 Å². The number of aromatic amines is 1. The van der Waals surface area contributed by atoms with Crippen LogP contribution in [0.3, 0.4) is 0 Å². The van der Waals surface area contributed by atoms with E-state index in [0.717, 1.165) is 11.0 Å². The largest absolute Gasteiger partial charge is 0.442 e. The van der Waals surface area contributed by atoms with Crippen molar-refractivity contribution in [3.05, 3.63) is 53.2 Å². The van der Waals surface area contributed by atoms with Crippen molar-refractivity contribution in [2.24, 2.45) is 0 Å². The fourth-order valence-corrected chi connectivity index (χ4v) is 2.03. The number of carbonyl (C=O) groups is 1. The van der Waals surface area contributed by atoms with Crippen LogP contribution in [-0.4, -0.2) is 10.5 Å². The zero-order valence-electron chi connectivity index (χ0n) is 8.68. The van der Waals surface area contributed by atoms with E-state index in [1.807, 2.05) is 24.3 Å². The van der Waals surface area contributed by atoms with Gasteiger partial charge >= 0.3 is 5.91 Å². The van der Waals surface area contributed by atoms with E-state index < -0.39 is 0 Å². The van der Waals surface area contributed by atoms with Gasteiger partial charge in [-0.05, 0) is 40.2 Å². The molecule has 0 aliphatic heterocycles. The normalized spacial score (nSPS) is 10.9. The highest BCUT2D eigenvalue weighted by molar-refractivity contribution is 9.10. The van der Waals surface area contributed by atoms with E-state index in [4.69, 9.17) is 4.42 Å². The van der Waals surface area contributed by atoms with E-state index in [-0.39, 0.29) is 5.91 Å². The number of furan rings is 1. The van der Waals surface area contributed by atoms with Crippen LogP contribution in [0, 0.1) is 0 Å². The first-order chi connectivity index (χ1) is 8.25. The van der Waals surface area contributed by atoms with Gasteiger partial charge in [-0.1, -0.05) is 12.1 Å². The van der Waals surface area contributed by atoms with Crippen molar-refractivity contribution in [3.63, 3.8) is 0 Å². The third-order valence-electron chi connectivity index (χ3n) is 2.52. The van der Waals surface area contributed by atoms with Gasteiger partial charge in [-0.2, -0.15) is 4.57 Å². The van der Waals surface area contributed by atoms with E-state index in [1.54, 1.807) is 18.5 Å². The van der Waals surface area contributed by atoms with Crippen molar-refractivity contribution in [2.45, 2.75) is 0 Å². The number of hydrogen-bond donors (Lipinski definition) is 0. The summed E-state index contributed by atoms with van der Waals surface area (Å²) in [5.74, 6) is 0.0970. The molecule has 4 nitrogen and oxygen atoms in total. The number of imidazole rings is 1. The molecule has 0 fully saturated rings. The maximum atomic E-state index is 12.2. The first kappa shape index (κ1) is 10.3. The molecule has 84 valence electrons. The molecule has 0 unspecified atom stereocenters. The van der Waals surface area contributed by atoms with Crippen LogP contribution in [0.25, 0.3) is 11.0 Å². The van der Waals surface area contributed by atoms with Crippen LogP contribution < -0.4 is 4.98 Å². The minimum atomic E-state index is -0.201. The lowest BCUT2D eigenvalue weighted by Gasteiger charge is -1.92. The molecule has 0 aliphatic rings. The molecule has 3 aromatic rings. The summed E-state index contributed by atoms with van der Waals surface area (Å²) in [6.45, 7) is 0. The monoisotopic (exact) mass is 291 g/mol. The molecule has 3 rings (SSSR count). The Hall–Kier alpha value is -1.88. The average Bonchev–Trinajstić information content (AvgIpc) is 2.94. The van der Waals surface area contributed by atoms with Crippen LogP contribution in [0.2, 0.25) is 0 Å². The lowest BCUT2D eigenvalue weighted by Crippen LogP contribution is -2.10. The summed E-state index contributed by atoms with van der Waals surface area (Å²) >= 11 is 3.18. The van der Waals surface area contributed by atoms with Crippen molar-refractivity contribution >= 4 is 32.9 Å². The van der Waals surface area contributed by atoms with Crippen LogP contribution in [0.15, 0.2) is 51.8 Å².